The van der Waals surface area contributed by atoms with Crippen molar-refractivity contribution in [3.8, 4) is 0 Å². The van der Waals surface area contributed by atoms with Gasteiger partial charge in [-0.2, -0.15) is 0 Å². The molecule has 0 saturated carbocycles. The predicted molar refractivity (Wildman–Crippen MR) is 92.0 cm³/mol. The highest BCUT2D eigenvalue weighted by Crippen LogP contribution is 2.23. The number of hydrogen-bond donors (Lipinski definition) is 4. The van der Waals surface area contributed by atoms with Gasteiger partial charge in [-0.15, -0.1) is 0 Å². The second-order valence-electron chi connectivity index (χ2n) is 5.55. The number of nitrogens with one attached hydrogen (secondary N) is 2. The highest BCUT2D eigenvalue weighted by atomic mass is 16.1. The lowest BCUT2D eigenvalue weighted by Crippen LogP contribution is -2.32. The van der Waals surface area contributed by atoms with Crippen LogP contribution in [0.2, 0.25) is 0 Å². The number of anilines is 3. The largest absolute Gasteiger partial charge is 0.373 e. The zero-order chi connectivity index (χ0) is 17.9. The number of rotatable bonds is 6. The summed E-state index contributed by atoms with van der Waals surface area (Å²) in [5, 5.41) is 5.95. The summed E-state index contributed by atoms with van der Waals surface area (Å²) in [6, 6.07) is 4.82. The van der Waals surface area contributed by atoms with Crippen LogP contribution in [0.25, 0.3) is 0 Å². The maximum absolute atomic E-state index is 11.6. The molecule has 0 bridgehead atoms. The van der Waals surface area contributed by atoms with E-state index in [1.165, 1.54) is 6.20 Å². The van der Waals surface area contributed by atoms with E-state index >= 15 is 0 Å². The summed E-state index contributed by atoms with van der Waals surface area (Å²) in [5.41, 5.74) is 13.5. The van der Waals surface area contributed by atoms with Crippen LogP contribution in [0.4, 0.5) is 17.2 Å². The van der Waals surface area contributed by atoms with Crippen molar-refractivity contribution in [3.63, 3.8) is 0 Å². The van der Waals surface area contributed by atoms with Crippen molar-refractivity contribution >= 4 is 29.0 Å². The SMILES string of the molecule is Cc1cc(C)nc(Nc2cc(N[C@H](C)C(N)=O)cnc2C(N)=O)c1. The Bertz CT molecular complexity index is 770. The van der Waals surface area contributed by atoms with Crippen molar-refractivity contribution in [3.05, 3.63) is 41.3 Å². The number of nitrogens with zero attached hydrogens (tertiary/aromatic N) is 2. The summed E-state index contributed by atoms with van der Waals surface area (Å²) >= 11 is 0. The summed E-state index contributed by atoms with van der Waals surface area (Å²) in [6.45, 7) is 5.44. The Labute approximate surface area is 139 Å². The van der Waals surface area contributed by atoms with Crippen LogP contribution in [-0.2, 0) is 4.79 Å². The van der Waals surface area contributed by atoms with Gasteiger partial charge in [-0.1, -0.05) is 0 Å². The summed E-state index contributed by atoms with van der Waals surface area (Å²) < 4.78 is 0. The minimum atomic E-state index is -0.670. The number of hydrogen-bond acceptors (Lipinski definition) is 6. The average Bonchev–Trinajstić information content (AvgIpc) is 2.45. The third-order valence-corrected chi connectivity index (χ3v) is 3.29. The van der Waals surface area contributed by atoms with Crippen LogP contribution in [0, 0.1) is 13.8 Å². The lowest BCUT2D eigenvalue weighted by molar-refractivity contribution is -0.118. The molecule has 0 radical (unpaired) electrons. The van der Waals surface area contributed by atoms with Gasteiger partial charge in [-0.05, 0) is 44.5 Å². The fourth-order valence-electron chi connectivity index (χ4n) is 2.20. The molecule has 24 heavy (non-hydrogen) atoms. The number of pyridine rings is 2. The second-order valence-corrected chi connectivity index (χ2v) is 5.55. The second kappa shape index (κ2) is 6.95. The summed E-state index contributed by atoms with van der Waals surface area (Å²) in [5.74, 6) is -0.604. The highest BCUT2D eigenvalue weighted by molar-refractivity contribution is 5.97. The molecule has 0 aliphatic carbocycles. The zero-order valence-electron chi connectivity index (χ0n) is 13.8. The quantitative estimate of drug-likeness (QED) is 0.629. The van der Waals surface area contributed by atoms with E-state index in [0.717, 1.165) is 11.3 Å². The topological polar surface area (TPSA) is 136 Å². The summed E-state index contributed by atoms with van der Waals surface area (Å²) in [6.07, 6.45) is 1.42. The molecule has 2 amide bonds. The van der Waals surface area contributed by atoms with Gasteiger partial charge in [-0.3, -0.25) is 9.59 Å². The molecular formula is C16H20N6O2. The molecule has 8 nitrogen and oxygen atoms in total. The number of carbonyl (C=O) groups excluding carboxylic acids is 2. The van der Waals surface area contributed by atoms with Gasteiger partial charge >= 0.3 is 0 Å². The van der Waals surface area contributed by atoms with Crippen LogP contribution in [-0.4, -0.2) is 27.8 Å². The molecule has 2 heterocycles. The van der Waals surface area contributed by atoms with Crippen molar-refractivity contribution < 1.29 is 9.59 Å². The van der Waals surface area contributed by atoms with Gasteiger partial charge in [0.25, 0.3) is 5.91 Å². The Morgan fingerprint density at radius 1 is 1.17 bits per heavy atom. The van der Waals surface area contributed by atoms with Crippen molar-refractivity contribution in [2.24, 2.45) is 11.5 Å². The first-order valence-corrected chi connectivity index (χ1v) is 7.34. The van der Waals surface area contributed by atoms with Crippen LogP contribution in [0.1, 0.15) is 28.7 Å². The first kappa shape index (κ1) is 17.2. The van der Waals surface area contributed by atoms with Gasteiger partial charge in [0.2, 0.25) is 5.91 Å². The van der Waals surface area contributed by atoms with Gasteiger partial charge < -0.3 is 22.1 Å². The minimum Gasteiger partial charge on any atom is -0.373 e. The van der Waals surface area contributed by atoms with Gasteiger partial charge in [0.15, 0.2) is 5.69 Å². The molecule has 0 unspecified atom stereocenters. The first-order valence-electron chi connectivity index (χ1n) is 7.34. The highest BCUT2D eigenvalue weighted by Gasteiger charge is 2.14. The van der Waals surface area contributed by atoms with Crippen LogP contribution in [0.15, 0.2) is 24.4 Å². The van der Waals surface area contributed by atoms with E-state index in [-0.39, 0.29) is 5.69 Å². The maximum Gasteiger partial charge on any atom is 0.269 e. The molecule has 2 rings (SSSR count). The predicted octanol–water partition coefficient (Wildman–Crippen LogP) is 1.22. The van der Waals surface area contributed by atoms with Crippen LogP contribution < -0.4 is 22.1 Å². The third-order valence-electron chi connectivity index (χ3n) is 3.29. The van der Waals surface area contributed by atoms with Crippen molar-refractivity contribution in [2.75, 3.05) is 10.6 Å². The average molecular weight is 328 g/mol. The molecule has 0 aliphatic rings. The molecule has 0 fully saturated rings. The number of aryl methyl sites for hydroxylation is 2. The molecule has 2 aromatic rings. The summed E-state index contributed by atoms with van der Waals surface area (Å²) in [4.78, 5) is 31.2. The van der Waals surface area contributed by atoms with Crippen LogP contribution in [0.3, 0.4) is 0 Å². The molecule has 0 saturated heterocycles. The molecule has 0 aromatic carbocycles. The lowest BCUT2D eigenvalue weighted by atomic mass is 10.2. The van der Waals surface area contributed by atoms with E-state index in [1.54, 1.807) is 13.0 Å². The van der Waals surface area contributed by atoms with Gasteiger partial charge in [0.05, 0.1) is 17.6 Å². The van der Waals surface area contributed by atoms with E-state index in [2.05, 4.69) is 20.6 Å². The number of aromatic nitrogens is 2. The van der Waals surface area contributed by atoms with Crippen molar-refractivity contribution in [1.29, 1.82) is 0 Å². The number of nitrogens with two attached hydrogens (primary N) is 2. The van der Waals surface area contributed by atoms with E-state index in [1.807, 2.05) is 26.0 Å². The molecular weight excluding hydrogens is 308 g/mol. The lowest BCUT2D eigenvalue weighted by Gasteiger charge is -2.15. The fourth-order valence-corrected chi connectivity index (χ4v) is 2.20. The van der Waals surface area contributed by atoms with E-state index in [4.69, 9.17) is 11.5 Å². The van der Waals surface area contributed by atoms with Gasteiger partial charge in [0, 0.05) is 5.69 Å². The Morgan fingerprint density at radius 2 is 1.88 bits per heavy atom. The van der Waals surface area contributed by atoms with E-state index < -0.39 is 17.9 Å². The molecule has 126 valence electrons. The Hall–Kier alpha value is -3.16. The molecule has 0 spiro atoms. The van der Waals surface area contributed by atoms with Crippen LogP contribution >= 0.6 is 0 Å². The normalized spacial score (nSPS) is 11.6. The maximum atomic E-state index is 11.6. The first-order chi connectivity index (χ1) is 11.3. The minimum absolute atomic E-state index is 0.0771. The number of primary amides is 2. The Morgan fingerprint density at radius 3 is 2.46 bits per heavy atom. The Balaban J connectivity index is 2.37. The molecule has 0 aliphatic heterocycles. The van der Waals surface area contributed by atoms with Gasteiger partial charge in [-0.25, -0.2) is 9.97 Å². The third kappa shape index (κ3) is 4.19. The number of amides is 2. The van der Waals surface area contributed by atoms with Crippen molar-refractivity contribution in [1.82, 2.24) is 9.97 Å². The number of carbonyl (C=O) groups is 2. The molecule has 2 aromatic heterocycles. The molecule has 8 heteroatoms. The zero-order valence-corrected chi connectivity index (χ0v) is 13.8. The van der Waals surface area contributed by atoms with Gasteiger partial charge in [0.1, 0.15) is 11.9 Å². The standard InChI is InChI=1S/C16H20N6O2/c1-8-4-9(2)20-13(5-8)22-12-6-11(21-10(3)15(17)23)7-19-14(12)16(18)24/h4-7,10,21H,1-3H3,(H2,17,23)(H2,18,24)(H,20,22)/t10-/m1/s1. The smallest absolute Gasteiger partial charge is 0.269 e. The monoisotopic (exact) mass is 328 g/mol. The molecule has 1 atom stereocenters. The fraction of sp³-hybridized carbons (Fsp3) is 0.250. The van der Waals surface area contributed by atoms with E-state index in [0.29, 0.717) is 17.2 Å². The van der Waals surface area contributed by atoms with Crippen molar-refractivity contribution in [2.45, 2.75) is 26.8 Å². The summed E-state index contributed by atoms with van der Waals surface area (Å²) in [7, 11) is 0. The van der Waals surface area contributed by atoms with Crippen LogP contribution in [0.5, 0.6) is 0 Å². The molecule has 6 N–H and O–H groups in total. The Kier molecular flexibility index (Phi) is 4.98. The van der Waals surface area contributed by atoms with E-state index in [9.17, 15) is 9.59 Å².